The van der Waals surface area contributed by atoms with Gasteiger partial charge in [0, 0.05) is 10.9 Å². The van der Waals surface area contributed by atoms with Crippen LogP contribution in [-0.2, 0) is 0 Å². The molecule has 2 atom stereocenters. The fourth-order valence-corrected chi connectivity index (χ4v) is 2.06. The molecule has 2 nitrogen and oxygen atoms in total. The lowest BCUT2D eigenvalue weighted by atomic mass is 9.98. The highest BCUT2D eigenvalue weighted by atomic mass is 32.1. The molecule has 1 aromatic rings. The van der Waals surface area contributed by atoms with Crippen molar-refractivity contribution in [1.29, 1.82) is 0 Å². The summed E-state index contributed by atoms with van der Waals surface area (Å²) in [6, 6.07) is 4.28. The van der Waals surface area contributed by atoms with Gasteiger partial charge < -0.3 is 11.5 Å². The molecule has 0 amide bonds. The van der Waals surface area contributed by atoms with E-state index in [1.54, 1.807) is 11.3 Å². The van der Waals surface area contributed by atoms with Crippen molar-refractivity contribution in [3.63, 3.8) is 0 Å². The first-order valence-corrected chi connectivity index (χ1v) is 5.12. The van der Waals surface area contributed by atoms with E-state index in [9.17, 15) is 0 Å². The Hall–Kier alpha value is -0.380. The van der Waals surface area contributed by atoms with Crippen molar-refractivity contribution >= 4 is 11.3 Å². The van der Waals surface area contributed by atoms with Gasteiger partial charge in [-0.25, -0.2) is 0 Å². The Morgan fingerprint density at radius 1 is 1.58 bits per heavy atom. The topological polar surface area (TPSA) is 52.0 Å². The minimum atomic E-state index is 0.161. The van der Waals surface area contributed by atoms with E-state index < -0.39 is 0 Å². The van der Waals surface area contributed by atoms with Gasteiger partial charge in [0.15, 0.2) is 0 Å². The van der Waals surface area contributed by atoms with Gasteiger partial charge >= 0.3 is 0 Å². The molecule has 1 rings (SSSR count). The van der Waals surface area contributed by atoms with Crippen LogP contribution in [0.1, 0.15) is 24.3 Å². The van der Waals surface area contributed by atoms with Crippen LogP contribution < -0.4 is 11.5 Å². The summed E-state index contributed by atoms with van der Waals surface area (Å²) in [5.41, 5.74) is 11.5. The quantitative estimate of drug-likeness (QED) is 0.748. The third-order valence-corrected chi connectivity index (χ3v) is 3.08. The average Bonchev–Trinajstić information content (AvgIpc) is 2.55. The molecule has 0 radical (unpaired) electrons. The fourth-order valence-electron chi connectivity index (χ4n) is 1.20. The van der Waals surface area contributed by atoms with Gasteiger partial charge in [-0.15, -0.1) is 11.3 Å². The Labute approximate surface area is 77.6 Å². The Morgan fingerprint density at radius 2 is 2.33 bits per heavy atom. The lowest BCUT2D eigenvalue weighted by Gasteiger charge is -2.17. The van der Waals surface area contributed by atoms with Gasteiger partial charge in [-0.1, -0.05) is 13.0 Å². The fraction of sp³-hybridized carbons (Fsp3) is 0.556. The third kappa shape index (κ3) is 2.30. The Kier molecular flexibility index (Phi) is 3.72. The second-order valence-corrected chi connectivity index (χ2v) is 4.08. The number of nitrogens with two attached hydrogens (primary N) is 2. The molecule has 0 aliphatic heterocycles. The first-order valence-electron chi connectivity index (χ1n) is 4.24. The molecule has 0 saturated carbocycles. The minimum Gasteiger partial charge on any atom is -0.330 e. The molecule has 3 heteroatoms. The van der Waals surface area contributed by atoms with Crippen LogP contribution in [0.2, 0.25) is 0 Å². The normalized spacial score (nSPS) is 15.9. The smallest absolute Gasteiger partial charge is 0.0416 e. The predicted molar refractivity (Wildman–Crippen MR) is 54.1 cm³/mol. The molecule has 0 saturated heterocycles. The summed E-state index contributed by atoms with van der Waals surface area (Å²) in [4.78, 5) is 1.26. The zero-order valence-electron chi connectivity index (χ0n) is 7.36. The van der Waals surface area contributed by atoms with Gasteiger partial charge in [-0.2, -0.15) is 0 Å². The second kappa shape index (κ2) is 4.60. The summed E-state index contributed by atoms with van der Waals surface area (Å²) < 4.78 is 0. The maximum Gasteiger partial charge on any atom is 0.0416 e. The highest BCUT2D eigenvalue weighted by Crippen LogP contribution is 2.24. The summed E-state index contributed by atoms with van der Waals surface area (Å²) in [6.07, 6.45) is 0.999. The van der Waals surface area contributed by atoms with E-state index in [1.807, 2.05) is 6.07 Å². The van der Waals surface area contributed by atoms with Crippen LogP contribution in [-0.4, -0.2) is 6.54 Å². The number of hydrogen-bond acceptors (Lipinski definition) is 3. The van der Waals surface area contributed by atoms with E-state index in [-0.39, 0.29) is 6.04 Å². The van der Waals surface area contributed by atoms with Crippen LogP contribution in [0.15, 0.2) is 17.5 Å². The van der Waals surface area contributed by atoms with E-state index in [1.165, 1.54) is 4.88 Å². The first-order chi connectivity index (χ1) is 5.75. The van der Waals surface area contributed by atoms with Crippen molar-refractivity contribution in [2.75, 3.05) is 6.54 Å². The summed E-state index contributed by atoms with van der Waals surface area (Å²) in [5.74, 6) is 0.480. The van der Waals surface area contributed by atoms with Gasteiger partial charge in [0.25, 0.3) is 0 Å². The van der Waals surface area contributed by atoms with E-state index >= 15 is 0 Å². The van der Waals surface area contributed by atoms with Crippen LogP contribution in [0.5, 0.6) is 0 Å². The van der Waals surface area contributed by atoms with E-state index in [0.717, 1.165) is 13.0 Å². The Morgan fingerprint density at radius 3 is 2.83 bits per heavy atom. The largest absolute Gasteiger partial charge is 0.330 e. The molecule has 0 aliphatic carbocycles. The lowest BCUT2D eigenvalue weighted by molar-refractivity contribution is 0.449. The van der Waals surface area contributed by atoms with Crippen LogP contribution in [0.3, 0.4) is 0 Å². The molecule has 0 aliphatic rings. The van der Waals surface area contributed by atoms with Crippen molar-refractivity contribution < 1.29 is 0 Å². The molecule has 0 bridgehead atoms. The SMILES string of the molecule is CC(CCN)C(N)c1cccs1. The summed E-state index contributed by atoms with van der Waals surface area (Å²) in [7, 11) is 0. The highest BCUT2D eigenvalue weighted by Gasteiger charge is 2.14. The highest BCUT2D eigenvalue weighted by molar-refractivity contribution is 7.10. The summed E-state index contributed by atoms with van der Waals surface area (Å²) >= 11 is 1.72. The van der Waals surface area contributed by atoms with Crippen LogP contribution in [0.25, 0.3) is 0 Å². The Bertz CT molecular complexity index is 208. The molecular weight excluding hydrogens is 168 g/mol. The maximum absolute atomic E-state index is 6.02. The van der Waals surface area contributed by atoms with Crippen LogP contribution in [0.4, 0.5) is 0 Å². The minimum absolute atomic E-state index is 0.161. The molecule has 1 aromatic heterocycles. The number of hydrogen-bond donors (Lipinski definition) is 2. The summed E-state index contributed by atoms with van der Waals surface area (Å²) in [5, 5.41) is 2.06. The first kappa shape index (κ1) is 9.71. The maximum atomic E-state index is 6.02. The molecule has 0 aromatic carbocycles. The van der Waals surface area contributed by atoms with Gasteiger partial charge in [-0.3, -0.25) is 0 Å². The molecular formula is C9H16N2S. The van der Waals surface area contributed by atoms with Gasteiger partial charge in [0.05, 0.1) is 0 Å². The van der Waals surface area contributed by atoms with Crippen molar-refractivity contribution in [2.24, 2.45) is 17.4 Å². The average molecular weight is 184 g/mol. The van der Waals surface area contributed by atoms with Crippen LogP contribution in [0, 0.1) is 5.92 Å². The molecule has 1 heterocycles. The molecule has 0 spiro atoms. The predicted octanol–water partition coefficient (Wildman–Crippen LogP) is 1.73. The van der Waals surface area contributed by atoms with Crippen molar-refractivity contribution in [2.45, 2.75) is 19.4 Å². The molecule has 0 fully saturated rings. The monoisotopic (exact) mass is 184 g/mol. The van der Waals surface area contributed by atoms with Crippen molar-refractivity contribution in [1.82, 2.24) is 0 Å². The Balaban J connectivity index is 2.53. The van der Waals surface area contributed by atoms with Crippen LogP contribution >= 0.6 is 11.3 Å². The second-order valence-electron chi connectivity index (χ2n) is 3.10. The molecule has 68 valence electrons. The van der Waals surface area contributed by atoms with Crippen molar-refractivity contribution in [3.05, 3.63) is 22.4 Å². The van der Waals surface area contributed by atoms with Gasteiger partial charge in [0.1, 0.15) is 0 Å². The standard InChI is InChI=1S/C9H16N2S/c1-7(4-5-10)9(11)8-3-2-6-12-8/h2-3,6-7,9H,4-5,10-11H2,1H3. The van der Waals surface area contributed by atoms with Crippen molar-refractivity contribution in [3.8, 4) is 0 Å². The molecule has 4 N–H and O–H groups in total. The number of thiophene rings is 1. The van der Waals surface area contributed by atoms with E-state index in [2.05, 4.69) is 18.4 Å². The van der Waals surface area contributed by atoms with Gasteiger partial charge in [-0.05, 0) is 30.3 Å². The van der Waals surface area contributed by atoms with E-state index in [4.69, 9.17) is 11.5 Å². The molecule has 12 heavy (non-hydrogen) atoms. The lowest BCUT2D eigenvalue weighted by Crippen LogP contribution is -2.20. The zero-order valence-corrected chi connectivity index (χ0v) is 8.18. The summed E-state index contributed by atoms with van der Waals surface area (Å²) in [6.45, 7) is 2.87. The number of rotatable bonds is 4. The van der Waals surface area contributed by atoms with E-state index in [0.29, 0.717) is 5.92 Å². The third-order valence-electron chi connectivity index (χ3n) is 2.11. The van der Waals surface area contributed by atoms with Gasteiger partial charge in [0.2, 0.25) is 0 Å². The zero-order chi connectivity index (χ0) is 8.97. The molecule has 2 unspecified atom stereocenters.